The molecule has 1 aromatic heterocycles. The van der Waals surface area contributed by atoms with E-state index in [4.69, 9.17) is 4.74 Å². The molecule has 0 saturated heterocycles. The standard InChI is InChI=1S/C20H18N2O3/c1-2-25-20(24)18-15(12-8-4-3-5-9-12)16-13-10-6-7-11-14(13)21-17(16)19(23)22-18/h3-11,15,18,21H,2H2,1H3,(H,22,23)/t15-,18+/m0/s1. The van der Waals surface area contributed by atoms with E-state index < -0.39 is 12.0 Å². The minimum absolute atomic E-state index is 0.271. The summed E-state index contributed by atoms with van der Waals surface area (Å²) < 4.78 is 5.22. The SMILES string of the molecule is CCOC(=O)[C@@H]1NC(=O)c2[nH]c3ccccc3c2[C@@H]1c1ccccc1. The fourth-order valence-electron chi connectivity index (χ4n) is 3.58. The second-order valence-electron chi connectivity index (χ2n) is 6.05. The summed E-state index contributed by atoms with van der Waals surface area (Å²) in [6.45, 7) is 2.03. The average molecular weight is 334 g/mol. The van der Waals surface area contributed by atoms with Crippen molar-refractivity contribution in [2.45, 2.75) is 18.9 Å². The van der Waals surface area contributed by atoms with Gasteiger partial charge in [-0.2, -0.15) is 0 Å². The molecule has 2 atom stereocenters. The van der Waals surface area contributed by atoms with E-state index in [0.717, 1.165) is 22.0 Å². The molecule has 0 saturated carbocycles. The lowest BCUT2D eigenvalue weighted by Gasteiger charge is -2.31. The molecule has 2 aromatic carbocycles. The van der Waals surface area contributed by atoms with Crippen molar-refractivity contribution in [3.8, 4) is 0 Å². The van der Waals surface area contributed by atoms with Gasteiger partial charge in [0.25, 0.3) is 5.91 Å². The second-order valence-corrected chi connectivity index (χ2v) is 6.05. The molecule has 2 N–H and O–H groups in total. The molecule has 3 aromatic rings. The van der Waals surface area contributed by atoms with Crippen molar-refractivity contribution < 1.29 is 14.3 Å². The van der Waals surface area contributed by atoms with Crippen LogP contribution in [0.25, 0.3) is 10.9 Å². The van der Waals surface area contributed by atoms with E-state index in [1.165, 1.54) is 0 Å². The third-order valence-electron chi connectivity index (χ3n) is 4.60. The van der Waals surface area contributed by atoms with E-state index >= 15 is 0 Å². The van der Waals surface area contributed by atoms with Gasteiger partial charge >= 0.3 is 5.97 Å². The lowest BCUT2D eigenvalue weighted by Crippen LogP contribution is -2.50. The first-order chi connectivity index (χ1) is 12.2. The zero-order chi connectivity index (χ0) is 17.4. The number of carbonyl (C=O) groups excluding carboxylic acids is 2. The lowest BCUT2D eigenvalue weighted by atomic mass is 9.81. The smallest absolute Gasteiger partial charge is 0.329 e. The van der Waals surface area contributed by atoms with Crippen LogP contribution in [0, 0.1) is 0 Å². The Kier molecular flexibility index (Phi) is 3.76. The van der Waals surface area contributed by atoms with Gasteiger partial charge in [-0.25, -0.2) is 4.79 Å². The maximum atomic E-state index is 12.6. The summed E-state index contributed by atoms with van der Waals surface area (Å²) in [7, 11) is 0. The molecule has 4 rings (SSSR count). The number of ether oxygens (including phenoxy) is 1. The van der Waals surface area contributed by atoms with Gasteiger partial charge in [0.15, 0.2) is 0 Å². The van der Waals surface area contributed by atoms with Gasteiger partial charge in [0.1, 0.15) is 11.7 Å². The number of aromatic nitrogens is 1. The largest absolute Gasteiger partial charge is 0.464 e. The Morgan fingerprint density at radius 3 is 2.56 bits per heavy atom. The molecule has 0 bridgehead atoms. The van der Waals surface area contributed by atoms with Crippen LogP contribution in [0.15, 0.2) is 54.6 Å². The van der Waals surface area contributed by atoms with Crippen LogP contribution >= 0.6 is 0 Å². The number of para-hydroxylation sites is 1. The van der Waals surface area contributed by atoms with Gasteiger partial charge in [0, 0.05) is 22.4 Å². The van der Waals surface area contributed by atoms with Gasteiger partial charge in [0.2, 0.25) is 0 Å². The topological polar surface area (TPSA) is 71.2 Å². The van der Waals surface area contributed by atoms with Crippen LogP contribution in [-0.2, 0) is 9.53 Å². The van der Waals surface area contributed by atoms with E-state index in [-0.39, 0.29) is 18.4 Å². The summed E-state index contributed by atoms with van der Waals surface area (Å²) in [5.41, 5.74) is 3.21. The third kappa shape index (κ3) is 2.48. The van der Waals surface area contributed by atoms with Crippen molar-refractivity contribution in [3.63, 3.8) is 0 Å². The quantitative estimate of drug-likeness (QED) is 0.723. The fraction of sp³-hybridized carbons (Fsp3) is 0.200. The summed E-state index contributed by atoms with van der Waals surface area (Å²) in [6.07, 6.45) is 0. The van der Waals surface area contributed by atoms with Crippen molar-refractivity contribution in [3.05, 3.63) is 71.4 Å². The Labute approximate surface area is 145 Å². The molecule has 0 unspecified atom stereocenters. The first-order valence-electron chi connectivity index (χ1n) is 8.33. The Balaban J connectivity index is 1.96. The van der Waals surface area contributed by atoms with Crippen LogP contribution in [0.4, 0.5) is 0 Å². The molecular formula is C20H18N2O3. The third-order valence-corrected chi connectivity index (χ3v) is 4.60. The van der Waals surface area contributed by atoms with Crippen LogP contribution in [0.5, 0.6) is 0 Å². The van der Waals surface area contributed by atoms with E-state index in [1.807, 2.05) is 54.6 Å². The molecule has 25 heavy (non-hydrogen) atoms. The Bertz CT molecular complexity index is 946. The minimum atomic E-state index is -0.749. The molecule has 0 fully saturated rings. The van der Waals surface area contributed by atoms with E-state index in [2.05, 4.69) is 10.3 Å². The lowest BCUT2D eigenvalue weighted by molar-refractivity contribution is -0.145. The highest BCUT2D eigenvalue weighted by Gasteiger charge is 2.41. The highest BCUT2D eigenvalue weighted by atomic mass is 16.5. The average Bonchev–Trinajstić information content (AvgIpc) is 3.03. The minimum Gasteiger partial charge on any atom is -0.464 e. The Morgan fingerprint density at radius 1 is 1.08 bits per heavy atom. The van der Waals surface area contributed by atoms with Crippen molar-refractivity contribution in [2.24, 2.45) is 0 Å². The maximum Gasteiger partial charge on any atom is 0.329 e. The predicted octanol–water partition coefficient (Wildman–Crippen LogP) is 2.97. The van der Waals surface area contributed by atoms with Gasteiger partial charge in [-0.1, -0.05) is 48.5 Å². The Hall–Kier alpha value is -3.08. The van der Waals surface area contributed by atoms with Crippen LogP contribution < -0.4 is 5.32 Å². The van der Waals surface area contributed by atoms with Crippen molar-refractivity contribution >= 4 is 22.8 Å². The number of rotatable bonds is 3. The molecule has 5 heteroatoms. The van der Waals surface area contributed by atoms with Gasteiger partial charge in [-0.3, -0.25) is 4.79 Å². The number of amides is 1. The number of esters is 1. The zero-order valence-electron chi connectivity index (χ0n) is 13.8. The molecule has 1 aliphatic heterocycles. The van der Waals surface area contributed by atoms with Gasteiger partial charge in [-0.15, -0.1) is 0 Å². The molecular weight excluding hydrogens is 316 g/mol. The zero-order valence-corrected chi connectivity index (χ0v) is 13.8. The Morgan fingerprint density at radius 2 is 1.80 bits per heavy atom. The number of hydrogen-bond donors (Lipinski definition) is 2. The fourth-order valence-corrected chi connectivity index (χ4v) is 3.58. The maximum absolute atomic E-state index is 12.6. The molecule has 0 spiro atoms. The van der Waals surface area contributed by atoms with Crippen LogP contribution in [0.1, 0.15) is 34.5 Å². The number of carbonyl (C=O) groups is 2. The second kappa shape index (κ2) is 6.09. The van der Waals surface area contributed by atoms with Crippen LogP contribution in [0.3, 0.4) is 0 Å². The molecule has 1 aliphatic rings. The van der Waals surface area contributed by atoms with E-state index in [0.29, 0.717) is 5.69 Å². The van der Waals surface area contributed by atoms with Crippen LogP contribution in [0.2, 0.25) is 0 Å². The molecule has 1 amide bonds. The number of aromatic amines is 1. The summed E-state index contributed by atoms with van der Waals surface area (Å²) in [6, 6.07) is 16.8. The van der Waals surface area contributed by atoms with Crippen molar-refractivity contribution in [2.75, 3.05) is 6.61 Å². The van der Waals surface area contributed by atoms with Gasteiger partial charge < -0.3 is 15.0 Å². The van der Waals surface area contributed by atoms with Gasteiger partial charge in [0.05, 0.1) is 6.61 Å². The summed E-state index contributed by atoms with van der Waals surface area (Å²) >= 11 is 0. The first-order valence-corrected chi connectivity index (χ1v) is 8.33. The number of benzene rings is 2. The molecule has 0 aliphatic carbocycles. The summed E-state index contributed by atoms with van der Waals surface area (Å²) in [5, 5.41) is 3.78. The summed E-state index contributed by atoms with van der Waals surface area (Å²) in [4.78, 5) is 28.3. The first kappa shape index (κ1) is 15.4. The van der Waals surface area contributed by atoms with Crippen molar-refractivity contribution in [1.82, 2.24) is 10.3 Å². The van der Waals surface area contributed by atoms with Gasteiger partial charge in [-0.05, 0) is 18.6 Å². The number of fused-ring (bicyclic) bond motifs is 3. The number of H-pyrrole nitrogens is 1. The van der Waals surface area contributed by atoms with E-state index in [1.54, 1.807) is 6.92 Å². The van der Waals surface area contributed by atoms with Crippen molar-refractivity contribution in [1.29, 1.82) is 0 Å². The molecule has 5 nitrogen and oxygen atoms in total. The highest BCUT2D eigenvalue weighted by molar-refractivity contribution is 6.05. The van der Waals surface area contributed by atoms with Crippen LogP contribution in [-0.4, -0.2) is 29.5 Å². The monoisotopic (exact) mass is 334 g/mol. The van der Waals surface area contributed by atoms with E-state index in [9.17, 15) is 9.59 Å². The molecule has 2 heterocycles. The predicted molar refractivity (Wildman–Crippen MR) is 94.5 cm³/mol. The molecule has 126 valence electrons. The number of hydrogen-bond acceptors (Lipinski definition) is 3. The highest BCUT2D eigenvalue weighted by Crippen LogP contribution is 2.39. The molecule has 0 radical (unpaired) electrons. The summed E-state index contributed by atoms with van der Waals surface area (Å²) in [5.74, 6) is -0.999. The normalized spacial score (nSPS) is 19.3. The number of nitrogens with one attached hydrogen (secondary N) is 2.